The number of amides is 2. The van der Waals surface area contributed by atoms with Crippen LogP contribution in [0.5, 0.6) is 11.5 Å². The number of carbonyl (C=O) groups excluding carboxylic acids is 2. The number of carbonyl (C=O) groups is 2. The van der Waals surface area contributed by atoms with E-state index in [-0.39, 0.29) is 30.6 Å². The Morgan fingerprint density at radius 3 is 2.72 bits per heavy atom. The summed E-state index contributed by atoms with van der Waals surface area (Å²) in [6.07, 6.45) is -1.33. The molecule has 0 aliphatic carbocycles. The number of para-hydroxylation sites is 2. The van der Waals surface area contributed by atoms with Gasteiger partial charge in [-0.05, 0) is 31.1 Å². The number of benzene rings is 1. The second kappa shape index (κ2) is 11.5. The number of hydrogen-bond acceptors (Lipinski definition) is 10. The van der Waals surface area contributed by atoms with Crippen LogP contribution < -0.4 is 20.0 Å². The average molecular weight is 528 g/mol. The smallest absolute Gasteiger partial charge is 0.395 e. The van der Waals surface area contributed by atoms with Gasteiger partial charge in [0.1, 0.15) is 18.8 Å². The van der Waals surface area contributed by atoms with E-state index in [1.165, 1.54) is 25.4 Å². The zero-order valence-electron chi connectivity index (χ0n) is 20.3. The molecule has 3 N–H and O–H groups in total. The first-order valence-electron chi connectivity index (χ1n) is 11.2. The summed E-state index contributed by atoms with van der Waals surface area (Å²) < 4.78 is 40.8. The number of hydrogen-bond donors (Lipinski definition) is 2. The van der Waals surface area contributed by atoms with Gasteiger partial charge >= 0.3 is 20.2 Å². The molecule has 3 rings (SSSR count). The van der Waals surface area contributed by atoms with Gasteiger partial charge in [-0.1, -0.05) is 30.7 Å². The fourth-order valence-electron chi connectivity index (χ4n) is 3.69. The van der Waals surface area contributed by atoms with E-state index in [2.05, 4.69) is 9.48 Å². The largest absolute Gasteiger partial charge is 0.575 e. The van der Waals surface area contributed by atoms with Crippen LogP contribution in [0.4, 0.5) is 9.18 Å². The van der Waals surface area contributed by atoms with Gasteiger partial charge in [0, 0.05) is 6.20 Å². The van der Waals surface area contributed by atoms with E-state index in [0.29, 0.717) is 0 Å². The van der Waals surface area contributed by atoms with Crippen molar-refractivity contribution in [1.29, 1.82) is 0 Å². The minimum atomic E-state index is -2.67. The molecule has 1 aromatic rings. The van der Waals surface area contributed by atoms with Crippen molar-refractivity contribution in [3.63, 3.8) is 0 Å². The highest BCUT2D eigenvalue weighted by Gasteiger charge is 2.57. The van der Waals surface area contributed by atoms with Gasteiger partial charge < -0.3 is 24.2 Å². The molecule has 36 heavy (non-hydrogen) atoms. The molecule has 1 fully saturated rings. The molecule has 1 aromatic carbocycles. The second-order valence-electron chi connectivity index (χ2n) is 8.76. The number of methoxy groups -OCH3 is 1. The maximum Gasteiger partial charge on any atom is 0.395 e. The molecule has 1 unspecified atom stereocenters. The number of nitrogens with two attached hydrogens (primary N) is 1. The minimum absolute atomic E-state index is 0.0506. The van der Waals surface area contributed by atoms with Crippen molar-refractivity contribution in [2.24, 2.45) is 16.5 Å². The highest BCUT2D eigenvalue weighted by atomic mass is 31.1. The predicted octanol–water partition coefficient (Wildman–Crippen LogP) is 1.44. The monoisotopic (exact) mass is 528 g/mol. The van der Waals surface area contributed by atoms with Crippen LogP contribution >= 0.6 is 8.17 Å². The Morgan fingerprint density at radius 1 is 1.42 bits per heavy atom. The van der Waals surface area contributed by atoms with Gasteiger partial charge in [0.15, 0.2) is 23.7 Å². The Bertz CT molecular complexity index is 1020. The van der Waals surface area contributed by atoms with E-state index in [1.54, 1.807) is 32.1 Å². The first-order chi connectivity index (χ1) is 17.0. The Hall–Kier alpha value is -2.83. The summed E-state index contributed by atoms with van der Waals surface area (Å²) in [4.78, 5) is 37.7. The summed E-state index contributed by atoms with van der Waals surface area (Å²) in [5.74, 6) is 4.87. The quantitative estimate of drug-likeness (QED) is 0.209. The van der Waals surface area contributed by atoms with Crippen molar-refractivity contribution < 1.29 is 42.7 Å². The van der Waals surface area contributed by atoms with Crippen molar-refractivity contribution in [1.82, 2.24) is 9.91 Å². The number of aliphatic hydroxyl groups excluding tert-OH is 1. The molecule has 6 atom stereocenters. The molecule has 14 heteroatoms. The van der Waals surface area contributed by atoms with Gasteiger partial charge in [-0.3, -0.25) is 14.4 Å². The van der Waals surface area contributed by atoms with Crippen molar-refractivity contribution in [2.45, 2.75) is 50.9 Å². The first-order valence-corrected chi connectivity index (χ1v) is 12.3. The van der Waals surface area contributed by atoms with E-state index in [0.717, 1.165) is 16.8 Å². The van der Waals surface area contributed by atoms with Crippen LogP contribution in [0.15, 0.2) is 41.3 Å². The van der Waals surface area contributed by atoms with Gasteiger partial charge in [-0.25, -0.2) is 19.8 Å². The number of urea groups is 1. The Balaban J connectivity index is 1.71. The summed E-state index contributed by atoms with van der Waals surface area (Å²) in [5.41, 5.74) is -2.33. The fraction of sp³-hybridized carbons (Fsp3) is 0.545. The molecule has 0 radical (unpaired) electrons. The maximum atomic E-state index is 15.4. The standard InChI is InChI=1S/C22H30FN4O8P/c1-13(2)17(19(29)32-4)25-36(31)35-15-9-6-5-8-14(15)33-12-16-18(28)22(3,23)20(34-16)26-10-7-11-27(24)21(26)30/h5-10,13,16-18,20,28H,11-12,24H2,1-4H3/t16-,17+,18-,20-,22-/m1/s1. The summed E-state index contributed by atoms with van der Waals surface area (Å²) in [7, 11) is -1.46. The molecule has 0 saturated carbocycles. The predicted molar refractivity (Wildman–Crippen MR) is 124 cm³/mol. The van der Waals surface area contributed by atoms with Crippen LogP contribution in [0.3, 0.4) is 0 Å². The fourth-order valence-corrected chi connectivity index (χ4v) is 4.62. The third-order valence-corrected chi connectivity index (χ3v) is 6.52. The minimum Gasteiger partial charge on any atom is -0.575 e. The van der Waals surface area contributed by atoms with Gasteiger partial charge in [0.05, 0.1) is 13.7 Å². The van der Waals surface area contributed by atoms with Crippen LogP contribution in [0.2, 0.25) is 0 Å². The first kappa shape index (κ1) is 27.8. The normalized spacial score (nSPS) is 27.4. The zero-order valence-corrected chi connectivity index (χ0v) is 21.2. The number of alkyl halides is 1. The maximum absolute atomic E-state index is 15.4. The SMILES string of the molecule is COC(=O)[C@@H](N=[P+]([O-])Oc1ccccc1OC[C@H]1O[C@@H](N2C=CCN(N)C2=O)[C@](C)(F)[C@@H]1O)C(C)C. The topological polar surface area (TPSA) is 159 Å². The molecule has 198 valence electrons. The van der Waals surface area contributed by atoms with Crippen molar-refractivity contribution >= 4 is 20.2 Å². The van der Waals surface area contributed by atoms with Crippen LogP contribution in [0.25, 0.3) is 0 Å². The lowest BCUT2D eigenvalue weighted by Crippen LogP contribution is -2.56. The number of halogens is 1. The van der Waals surface area contributed by atoms with Crippen LogP contribution in [-0.2, 0) is 14.3 Å². The number of aliphatic hydroxyl groups is 1. The molecule has 0 bridgehead atoms. The van der Waals surface area contributed by atoms with Gasteiger partial charge in [0.2, 0.25) is 5.75 Å². The molecule has 2 aliphatic heterocycles. The Morgan fingerprint density at radius 2 is 2.08 bits per heavy atom. The van der Waals surface area contributed by atoms with Crippen molar-refractivity contribution in [3.05, 3.63) is 36.5 Å². The zero-order chi connectivity index (χ0) is 26.6. The molecule has 0 spiro atoms. The van der Waals surface area contributed by atoms with Gasteiger partial charge in [0.25, 0.3) is 0 Å². The average Bonchev–Trinajstić information content (AvgIpc) is 3.06. The third-order valence-electron chi connectivity index (χ3n) is 5.73. The Kier molecular flexibility index (Phi) is 8.85. The van der Waals surface area contributed by atoms with E-state index in [1.807, 2.05) is 0 Å². The van der Waals surface area contributed by atoms with Gasteiger partial charge in [-0.15, -0.1) is 0 Å². The number of ether oxygens (including phenoxy) is 3. The van der Waals surface area contributed by atoms with Crippen LogP contribution in [-0.4, -0.2) is 77.4 Å². The lowest BCUT2D eigenvalue weighted by Gasteiger charge is -2.35. The molecule has 1 saturated heterocycles. The van der Waals surface area contributed by atoms with Crippen LogP contribution in [0.1, 0.15) is 20.8 Å². The van der Waals surface area contributed by atoms with Crippen molar-refractivity contribution in [2.75, 3.05) is 20.3 Å². The molecule has 2 amide bonds. The summed E-state index contributed by atoms with van der Waals surface area (Å²) in [5, 5.41) is 11.5. The number of hydrazine groups is 1. The molecule has 2 heterocycles. The summed E-state index contributed by atoms with van der Waals surface area (Å²) >= 11 is 0. The number of nitrogens with zero attached hydrogens (tertiary/aromatic N) is 3. The Labute approximate surface area is 209 Å². The van der Waals surface area contributed by atoms with E-state index >= 15 is 4.39 Å². The highest BCUT2D eigenvalue weighted by Crippen LogP contribution is 2.39. The third kappa shape index (κ3) is 5.93. The molecule has 12 nitrogen and oxygen atoms in total. The molecule has 2 aliphatic rings. The van der Waals surface area contributed by atoms with E-state index in [4.69, 9.17) is 19.8 Å². The summed E-state index contributed by atoms with van der Waals surface area (Å²) in [6, 6.07) is 4.55. The van der Waals surface area contributed by atoms with E-state index in [9.17, 15) is 19.6 Å². The van der Waals surface area contributed by atoms with E-state index < -0.39 is 50.3 Å². The lowest BCUT2D eigenvalue weighted by molar-refractivity contribution is -0.170. The molecular formula is C22H30FN4O8P. The molecule has 0 aromatic heterocycles. The van der Waals surface area contributed by atoms with Crippen molar-refractivity contribution in [3.8, 4) is 11.5 Å². The highest BCUT2D eigenvalue weighted by molar-refractivity contribution is 7.34. The lowest BCUT2D eigenvalue weighted by atomic mass is 9.98. The summed E-state index contributed by atoms with van der Waals surface area (Å²) in [6.45, 7) is 4.41. The number of esters is 1. The van der Waals surface area contributed by atoms with Gasteiger partial charge in [-0.2, -0.15) is 0 Å². The molecular weight excluding hydrogens is 498 g/mol. The number of rotatable bonds is 9. The van der Waals surface area contributed by atoms with Crippen LogP contribution in [0, 0.1) is 5.92 Å². The second-order valence-corrected chi connectivity index (χ2v) is 9.65.